The van der Waals surface area contributed by atoms with E-state index in [4.69, 9.17) is 4.74 Å². The summed E-state index contributed by atoms with van der Waals surface area (Å²) in [6.07, 6.45) is 4.99. The van der Waals surface area contributed by atoms with Crippen LogP contribution in [-0.2, 0) is 10.0 Å². The van der Waals surface area contributed by atoms with Gasteiger partial charge in [0.15, 0.2) is 0 Å². The molecule has 2 heterocycles. The van der Waals surface area contributed by atoms with Crippen LogP contribution in [0.2, 0.25) is 0 Å². The number of nitrogens with zero attached hydrogens (tertiary/aromatic N) is 5. The monoisotopic (exact) mass is 438 g/mol. The molecule has 0 spiro atoms. The Morgan fingerprint density at radius 3 is 2.61 bits per heavy atom. The normalized spacial score (nSPS) is 11.7. The average Bonchev–Trinajstić information content (AvgIpc) is 3.31. The van der Waals surface area contributed by atoms with Crippen LogP contribution >= 0.6 is 0 Å². The van der Waals surface area contributed by atoms with Gasteiger partial charge in [-0.05, 0) is 30.3 Å². The fourth-order valence-corrected chi connectivity index (χ4v) is 3.88. The van der Waals surface area contributed by atoms with E-state index in [9.17, 15) is 8.42 Å². The van der Waals surface area contributed by atoms with Crippen molar-refractivity contribution in [3.8, 4) is 11.7 Å². The van der Waals surface area contributed by atoms with Gasteiger partial charge in [0, 0.05) is 31.9 Å². The molecule has 9 nitrogen and oxygen atoms in total. The molecule has 0 aliphatic rings. The third-order valence-corrected chi connectivity index (χ3v) is 6.39. The zero-order valence-electron chi connectivity index (χ0n) is 17.1. The van der Waals surface area contributed by atoms with E-state index in [1.54, 1.807) is 41.5 Å². The second-order valence-electron chi connectivity index (χ2n) is 6.90. The van der Waals surface area contributed by atoms with Crippen molar-refractivity contribution < 1.29 is 13.2 Å². The number of imidazole rings is 1. The van der Waals surface area contributed by atoms with Crippen molar-refractivity contribution >= 4 is 26.7 Å². The van der Waals surface area contributed by atoms with Crippen LogP contribution in [0, 0.1) is 0 Å². The zero-order valence-corrected chi connectivity index (χ0v) is 18.0. The summed E-state index contributed by atoms with van der Waals surface area (Å²) < 4.78 is 33.8. The van der Waals surface area contributed by atoms with Gasteiger partial charge in [-0.15, -0.1) is 0 Å². The van der Waals surface area contributed by atoms with Gasteiger partial charge in [0.1, 0.15) is 24.5 Å². The molecular formula is C21H22N6O3S. The molecule has 31 heavy (non-hydrogen) atoms. The number of sulfonamides is 1. The molecular weight excluding hydrogens is 416 g/mol. The first kappa shape index (κ1) is 20.8. The fraction of sp³-hybridized carbons (Fsp3) is 0.190. The first-order valence-corrected chi connectivity index (χ1v) is 11.0. The summed E-state index contributed by atoms with van der Waals surface area (Å²) in [5, 5.41) is 3.85. The minimum atomic E-state index is -3.59. The lowest BCUT2D eigenvalue weighted by Gasteiger charge is -2.14. The summed E-state index contributed by atoms with van der Waals surface area (Å²) in [4.78, 5) is 13.4. The maximum Gasteiger partial charge on any atom is 0.242 e. The van der Waals surface area contributed by atoms with Crippen molar-refractivity contribution in [2.45, 2.75) is 4.90 Å². The lowest BCUT2D eigenvalue weighted by Crippen LogP contribution is -2.22. The van der Waals surface area contributed by atoms with Gasteiger partial charge in [-0.1, -0.05) is 18.2 Å². The maximum absolute atomic E-state index is 12.6. The lowest BCUT2D eigenvalue weighted by atomic mass is 10.2. The van der Waals surface area contributed by atoms with Crippen LogP contribution in [0.1, 0.15) is 0 Å². The highest BCUT2D eigenvalue weighted by Gasteiger charge is 2.19. The summed E-state index contributed by atoms with van der Waals surface area (Å²) in [5.41, 5.74) is 0.614. The molecule has 0 atom stereocenters. The Kier molecular flexibility index (Phi) is 5.83. The number of ether oxygens (including phenoxy) is 1. The number of hydrogen-bond donors (Lipinski definition) is 1. The Bertz CT molecular complexity index is 1280. The Labute approximate surface area is 180 Å². The second kappa shape index (κ2) is 8.70. The van der Waals surface area contributed by atoms with Gasteiger partial charge in [0.25, 0.3) is 0 Å². The molecule has 0 aliphatic heterocycles. The standard InChI is InChI=1S/C21H22N6O3S/c1-26(2)31(28,29)17-8-9-19-18(14-17)20(25-21(24-19)27-12-10-22-15-27)23-11-13-30-16-6-4-3-5-7-16/h3-10,12,14-15H,11,13H2,1-2H3,(H,23,24,25). The van der Waals surface area contributed by atoms with E-state index in [1.807, 2.05) is 30.3 Å². The molecule has 2 aromatic carbocycles. The highest BCUT2D eigenvalue weighted by atomic mass is 32.2. The lowest BCUT2D eigenvalue weighted by molar-refractivity contribution is 0.333. The van der Waals surface area contributed by atoms with Gasteiger partial charge in [-0.2, -0.15) is 4.98 Å². The molecule has 0 fully saturated rings. The summed E-state index contributed by atoms with van der Waals surface area (Å²) in [7, 11) is -0.593. The van der Waals surface area contributed by atoms with Crippen LogP contribution < -0.4 is 10.1 Å². The molecule has 4 aromatic rings. The number of anilines is 1. The minimum absolute atomic E-state index is 0.174. The summed E-state index contributed by atoms with van der Waals surface area (Å²) >= 11 is 0. The van der Waals surface area contributed by atoms with Gasteiger partial charge < -0.3 is 10.1 Å². The van der Waals surface area contributed by atoms with Gasteiger partial charge in [0.2, 0.25) is 16.0 Å². The Morgan fingerprint density at radius 2 is 1.90 bits per heavy atom. The van der Waals surface area contributed by atoms with E-state index in [0.29, 0.717) is 35.8 Å². The molecule has 0 aliphatic carbocycles. The van der Waals surface area contributed by atoms with Gasteiger partial charge in [-0.25, -0.2) is 22.7 Å². The number of para-hydroxylation sites is 1. The predicted octanol–water partition coefficient (Wildman–Crippen LogP) is 2.56. The summed E-state index contributed by atoms with van der Waals surface area (Å²) in [6, 6.07) is 14.3. The first-order chi connectivity index (χ1) is 14.9. The van der Waals surface area contributed by atoms with Gasteiger partial charge in [-0.3, -0.25) is 4.57 Å². The Hall–Kier alpha value is -3.50. The molecule has 0 bridgehead atoms. The molecule has 10 heteroatoms. The van der Waals surface area contributed by atoms with E-state index in [-0.39, 0.29) is 4.90 Å². The smallest absolute Gasteiger partial charge is 0.242 e. The number of aromatic nitrogens is 4. The molecule has 2 aromatic heterocycles. The predicted molar refractivity (Wildman–Crippen MR) is 118 cm³/mol. The fourth-order valence-electron chi connectivity index (χ4n) is 2.95. The largest absolute Gasteiger partial charge is 0.492 e. The topological polar surface area (TPSA) is 102 Å². The van der Waals surface area contributed by atoms with E-state index >= 15 is 0 Å². The third kappa shape index (κ3) is 4.49. The van der Waals surface area contributed by atoms with Crippen molar-refractivity contribution in [2.75, 3.05) is 32.6 Å². The maximum atomic E-state index is 12.6. The van der Waals surface area contributed by atoms with E-state index in [2.05, 4.69) is 20.3 Å². The van der Waals surface area contributed by atoms with E-state index < -0.39 is 10.0 Å². The number of fused-ring (bicyclic) bond motifs is 1. The molecule has 4 rings (SSSR count). The third-order valence-electron chi connectivity index (χ3n) is 4.58. The van der Waals surface area contributed by atoms with Gasteiger partial charge >= 0.3 is 0 Å². The molecule has 0 unspecified atom stereocenters. The molecule has 0 saturated carbocycles. The van der Waals surface area contributed by atoms with Crippen molar-refractivity contribution in [3.05, 3.63) is 67.3 Å². The van der Waals surface area contributed by atoms with Crippen LogP contribution in [0.3, 0.4) is 0 Å². The molecule has 0 radical (unpaired) electrons. The number of benzene rings is 2. The van der Waals surface area contributed by atoms with Crippen LogP contribution in [-0.4, -0.2) is 59.5 Å². The average molecular weight is 439 g/mol. The quantitative estimate of drug-likeness (QED) is 0.422. The van der Waals surface area contributed by atoms with Crippen LogP contribution in [0.15, 0.2) is 72.1 Å². The minimum Gasteiger partial charge on any atom is -0.492 e. The molecule has 0 saturated heterocycles. The van der Waals surface area contributed by atoms with Crippen molar-refractivity contribution in [3.63, 3.8) is 0 Å². The van der Waals surface area contributed by atoms with Crippen molar-refractivity contribution in [1.29, 1.82) is 0 Å². The number of hydrogen-bond acceptors (Lipinski definition) is 7. The Balaban J connectivity index is 1.67. The van der Waals surface area contributed by atoms with Crippen molar-refractivity contribution in [2.24, 2.45) is 0 Å². The first-order valence-electron chi connectivity index (χ1n) is 9.59. The summed E-state index contributed by atoms with van der Waals surface area (Å²) in [6.45, 7) is 0.876. The Morgan fingerprint density at radius 1 is 1.10 bits per heavy atom. The summed E-state index contributed by atoms with van der Waals surface area (Å²) in [5.74, 6) is 1.72. The van der Waals surface area contributed by atoms with Gasteiger partial charge in [0.05, 0.1) is 17.0 Å². The number of rotatable bonds is 8. The van der Waals surface area contributed by atoms with E-state index in [1.165, 1.54) is 18.4 Å². The van der Waals surface area contributed by atoms with Crippen molar-refractivity contribution in [1.82, 2.24) is 23.8 Å². The SMILES string of the molecule is CN(C)S(=O)(=O)c1ccc2nc(-n3ccnc3)nc(NCCOc3ccccc3)c2c1. The van der Waals surface area contributed by atoms with E-state index in [0.717, 1.165) is 5.75 Å². The molecule has 1 N–H and O–H groups in total. The zero-order chi connectivity index (χ0) is 21.8. The number of nitrogens with one attached hydrogen (secondary N) is 1. The molecule has 160 valence electrons. The van der Waals surface area contributed by atoms with Crippen LogP contribution in [0.5, 0.6) is 5.75 Å². The molecule has 0 amide bonds. The van der Waals surface area contributed by atoms with Crippen LogP contribution in [0.25, 0.3) is 16.9 Å². The van der Waals surface area contributed by atoms with Crippen LogP contribution in [0.4, 0.5) is 5.82 Å². The highest BCUT2D eigenvalue weighted by Crippen LogP contribution is 2.26. The highest BCUT2D eigenvalue weighted by molar-refractivity contribution is 7.89. The second-order valence-corrected chi connectivity index (χ2v) is 9.05.